The highest BCUT2D eigenvalue weighted by molar-refractivity contribution is 9.10. The first-order chi connectivity index (χ1) is 4.63. The highest BCUT2D eigenvalue weighted by Crippen LogP contribution is 2.30. The first-order valence-corrected chi connectivity index (χ1v) is 4.28. The van der Waals surface area contributed by atoms with Gasteiger partial charge in [0, 0.05) is 4.47 Å². The predicted octanol–water partition coefficient (Wildman–Crippen LogP) is 4.06. The van der Waals surface area contributed by atoms with Crippen molar-refractivity contribution < 1.29 is 0 Å². The molecule has 0 radical (unpaired) electrons. The number of hydrogen-bond donors (Lipinski definition) is 0. The fourth-order valence-electron chi connectivity index (χ4n) is 0.628. The Bertz CT molecular complexity index is 231. The maximum atomic E-state index is 5.82. The van der Waals surface area contributed by atoms with Gasteiger partial charge in [0.15, 0.2) is 0 Å². The van der Waals surface area contributed by atoms with Crippen molar-refractivity contribution in [2.45, 2.75) is 6.92 Å². The molecule has 0 saturated heterocycles. The van der Waals surface area contributed by atoms with Crippen molar-refractivity contribution in [2.75, 3.05) is 0 Å². The number of rotatable bonds is 0. The molecular formula is C7H5BrCl2. The van der Waals surface area contributed by atoms with Crippen molar-refractivity contribution in [1.29, 1.82) is 0 Å². The van der Waals surface area contributed by atoms with Crippen molar-refractivity contribution in [2.24, 2.45) is 0 Å². The molecule has 0 fully saturated rings. The van der Waals surface area contributed by atoms with Crippen LogP contribution in [0.1, 0.15) is 5.56 Å². The van der Waals surface area contributed by atoms with Crippen molar-refractivity contribution in [3.63, 3.8) is 0 Å². The van der Waals surface area contributed by atoms with Gasteiger partial charge in [-0.2, -0.15) is 0 Å². The van der Waals surface area contributed by atoms with Crippen LogP contribution in [-0.4, -0.2) is 0 Å². The van der Waals surface area contributed by atoms with E-state index in [-0.39, 0.29) is 0 Å². The Hall–Kier alpha value is 0.280. The smallest absolute Gasteiger partial charge is 0.0632 e. The van der Waals surface area contributed by atoms with E-state index in [1.807, 2.05) is 13.0 Å². The minimum Gasteiger partial charge on any atom is -0.0827 e. The lowest BCUT2D eigenvalue weighted by molar-refractivity contribution is 1.43. The largest absolute Gasteiger partial charge is 0.0827 e. The lowest BCUT2D eigenvalue weighted by atomic mass is 10.2. The fraction of sp³-hybridized carbons (Fsp3) is 0.143. The SMILES string of the molecule is Cc1c(Br)ccc(Cl)c1Cl. The van der Waals surface area contributed by atoms with Gasteiger partial charge in [-0.15, -0.1) is 0 Å². The van der Waals surface area contributed by atoms with Crippen LogP contribution < -0.4 is 0 Å². The molecule has 0 unspecified atom stereocenters. The third kappa shape index (κ3) is 1.47. The van der Waals surface area contributed by atoms with E-state index in [0.717, 1.165) is 10.0 Å². The summed E-state index contributed by atoms with van der Waals surface area (Å²) in [5.41, 5.74) is 0.981. The van der Waals surface area contributed by atoms with Gasteiger partial charge in [-0.1, -0.05) is 39.1 Å². The van der Waals surface area contributed by atoms with Crippen molar-refractivity contribution >= 4 is 39.1 Å². The van der Waals surface area contributed by atoms with Crippen LogP contribution in [0.3, 0.4) is 0 Å². The number of halogens is 3. The summed E-state index contributed by atoms with van der Waals surface area (Å²) in [6, 6.07) is 3.64. The molecule has 10 heavy (non-hydrogen) atoms. The number of hydrogen-bond acceptors (Lipinski definition) is 0. The van der Waals surface area contributed by atoms with E-state index in [1.165, 1.54) is 0 Å². The second-order valence-electron chi connectivity index (χ2n) is 1.97. The Morgan fingerprint density at radius 1 is 1.30 bits per heavy atom. The molecule has 0 aliphatic carbocycles. The van der Waals surface area contributed by atoms with Crippen LogP contribution in [0.4, 0.5) is 0 Å². The first-order valence-electron chi connectivity index (χ1n) is 2.73. The summed E-state index contributed by atoms with van der Waals surface area (Å²) >= 11 is 14.9. The Kier molecular flexibility index (Phi) is 2.61. The van der Waals surface area contributed by atoms with E-state index in [2.05, 4.69) is 15.9 Å². The van der Waals surface area contributed by atoms with Gasteiger partial charge in [0.05, 0.1) is 10.0 Å². The van der Waals surface area contributed by atoms with Crippen LogP contribution in [-0.2, 0) is 0 Å². The molecule has 1 rings (SSSR count). The molecule has 3 heteroatoms. The molecule has 0 aliphatic rings. The van der Waals surface area contributed by atoms with Gasteiger partial charge in [0.1, 0.15) is 0 Å². The Morgan fingerprint density at radius 2 is 1.90 bits per heavy atom. The summed E-state index contributed by atoms with van der Waals surface area (Å²) in [6.45, 7) is 1.91. The Balaban J connectivity index is 3.34. The minimum atomic E-state index is 0.599. The van der Waals surface area contributed by atoms with Crippen LogP contribution in [0.2, 0.25) is 10.0 Å². The molecular weight excluding hydrogens is 235 g/mol. The summed E-state index contributed by atoms with van der Waals surface area (Å²) in [5, 5.41) is 1.22. The summed E-state index contributed by atoms with van der Waals surface area (Å²) in [4.78, 5) is 0. The third-order valence-corrected chi connectivity index (χ3v) is 3.03. The van der Waals surface area contributed by atoms with Crippen LogP contribution in [0.15, 0.2) is 16.6 Å². The zero-order valence-electron chi connectivity index (χ0n) is 5.29. The van der Waals surface area contributed by atoms with Gasteiger partial charge in [-0.05, 0) is 24.6 Å². The monoisotopic (exact) mass is 238 g/mol. The summed E-state index contributed by atoms with van der Waals surface area (Å²) in [6.07, 6.45) is 0. The average Bonchev–Trinajstić information content (AvgIpc) is 1.93. The molecule has 1 aromatic rings. The molecule has 0 aromatic heterocycles. The second-order valence-corrected chi connectivity index (χ2v) is 3.61. The topological polar surface area (TPSA) is 0 Å². The molecule has 1 aromatic carbocycles. The molecule has 0 N–H and O–H groups in total. The average molecular weight is 240 g/mol. The zero-order valence-corrected chi connectivity index (χ0v) is 8.39. The Morgan fingerprint density at radius 3 is 2.40 bits per heavy atom. The maximum Gasteiger partial charge on any atom is 0.0632 e. The second kappa shape index (κ2) is 3.12. The van der Waals surface area contributed by atoms with Crippen LogP contribution >= 0.6 is 39.1 Å². The van der Waals surface area contributed by atoms with Crippen molar-refractivity contribution in [3.05, 3.63) is 32.2 Å². The van der Waals surface area contributed by atoms with Crippen LogP contribution in [0, 0.1) is 6.92 Å². The molecule has 0 spiro atoms. The maximum absolute atomic E-state index is 5.82. The van der Waals surface area contributed by atoms with Crippen LogP contribution in [0.5, 0.6) is 0 Å². The van der Waals surface area contributed by atoms with E-state index in [1.54, 1.807) is 6.07 Å². The fourth-order valence-corrected chi connectivity index (χ4v) is 1.44. The van der Waals surface area contributed by atoms with E-state index >= 15 is 0 Å². The zero-order chi connectivity index (χ0) is 7.72. The number of benzene rings is 1. The summed E-state index contributed by atoms with van der Waals surface area (Å²) in [5.74, 6) is 0. The van der Waals surface area contributed by atoms with Crippen molar-refractivity contribution in [1.82, 2.24) is 0 Å². The minimum absolute atomic E-state index is 0.599. The molecule has 54 valence electrons. The normalized spacial score (nSPS) is 10.0. The quantitative estimate of drug-likeness (QED) is 0.599. The molecule has 0 amide bonds. The van der Waals surface area contributed by atoms with Gasteiger partial charge in [-0.3, -0.25) is 0 Å². The molecule has 0 saturated carbocycles. The molecule has 0 nitrogen and oxygen atoms in total. The molecule has 0 heterocycles. The van der Waals surface area contributed by atoms with Gasteiger partial charge in [0.25, 0.3) is 0 Å². The predicted molar refractivity (Wildman–Crippen MR) is 48.9 cm³/mol. The van der Waals surface area contributed by atoms with Crippen LogP contribution in [0.25, 0.3) is 0 Å². The summed E-state index contributed by atoms with van der Waals surface area (Å²) < 4.78 is 0.988. The van der Waals surface area contributed by atoms with Crippen molar-refractivity contribution in [3.8, 4) is 0 Å². The Labute approximate surface area is 78.3 Å². The first kappa shape index (κ1) is 8.38. The van der Waals surface area contributed by atoms with E-state index in [0.29, 0.717) is 10.0 Å². The van der Waals surface area contributed by atoms with E-state index in [9.17, 15) is 0 Å². The highest BCUT2D eigenvalue weighted by atomic mass is 79.9. The summed E-state index contributed by atoms with van der Waals surface area (Å²) in [7, 11) is 0. The molecule has 0 aliphatic heterocycles. The molecule has 0 atom stereocenters. The van der Waals surface area contributed by atoms with Gasteiger partial charge >= 0.3 is 0 Å². The standard InChI is InChI=1S/C7H5BrCl2/c1-4-5(8)2-3-6(9)7(4)10/h2-3H,1H3. The van der Waals surface area contributed by atoms with E-state index in [4.69, 9.17) is 23.2 Å². The van der Waals surface area contributed by atoms with E-state index < -0.39 is 0 Å². The molecule has 0 bridgehead atoms. The van der Waals surface area contributed by atoms with Gasteiger partial charge in [0.2, 0.25) is 0 Å². The highest BCUT2D eigenvalue weighted by Gasteiger charge is 2.02. The van der Waals surface area contributed by atoms with Gasteiger partial charge in [-0.25, -0.2) is 0 Å². The third-order valence-electron chi connectivity index (χ3n) is 1.27. The lowest BCUT2D eigenvalue weighted by Crippen LogP contribution is -1.77. The lowest BCUT2D eigenvalue weighted by Gasteiger charge is -2.01. The van der Waals surface area contributed by atoms with Gasteiger partial charge < -0.3 is 0 Å².